The first kappa shape index (κ1) is 19.1. The molecule has 0 radical (unpaired) electrons. The highest BCUT2D eigenvalue weighted by Crippen LogP contribution is 2.34. The molecule has 0 saturated carbocycles. The summed E-state index contributed by atoms with van der Waals surface area (Å²) < 4.78 is 5.30. The van der Waals surface area contributed by atoms with E-state index in [1.807, 2.05) is 42.5 Å². The number of aromatic amines is 1. The molecule has 3 aromatic carbocycles. The van der Waals surface area contributed by atoms with Crippen molar-refractivity contribution in [3.8, 4) is 22.9 Å². The molecule has 1 aromatic heterocycles. The number of hydrogen-bond donors (Lipinski definition) is 2. The predicted octanol–water partition coefficient (Wildman–Crippen LogP) is 4.99. The van der Waals surface area contributed by atoms with E-state index in [9.17, 15) is 15.2 Å². The van der Waals surface area contributed by atoms with E-state index in [0.717, 1.165) is 16.6 Å². The number of phenols is 1. The SMILES string of the molecule is CCOc1cc([N+](=O)[O-])cc(C=Nc2cccc(-c3nc4ccccc4[nH]3)c2)c1O. The molecule has 0 amide bonds. The summed E-state index contributed by atoms with van der Waals surface area (Å²) in [7, 11) is 0. The van der Waals surface area contributed by atoms with Crippen LogP contribution in [0.25, 0.3) is 22.4 Å². The first-order valence-corrected chi connectivity index (χ1v) is 9.28. The van der Waals surface area contributed by atoms with E-state index in [1.54, 1.807) is 13.0 Å². The topological polar surface area (TPSA) is 114 Å². The summed E-state index contributed by atoms with van der Waals surface area (Å²) in [5.41, 5.74) is 3.27. The van der Waals surface area contributed by atoms with Crippen LogP contribution in [0.5, 0.6) is 11.5 Å². The fraction of sp³-hybridized carbons (Fsp3) is 0.0909. The lowest BCUT2D eigenvalue weighted by atomic mass is 10.1. The Hall–Kier alpha value is -4.20. The van der Waals surface area contributed by atoms with Crippen molar-refractivity contribution in [2.75, 3.05) is 6.61 Å². The highest BCUT2D eigenvalue weighted by molar-refractivity contribution is 5.88. The number of hydrogen-bond acceptors (Lipinski definition) is 6. The normalized spacial score (nSPS) is 11.2. The Kier molecular flexibility index (Phi) is 5.13. The van der Waals surface area contributed by atoms with Crippen molar-refractivity contribution in [2.24, 2.45) is 4.99 Å². The van der Waals surface area contributed by atoms with E-state index in [1.165, 1.54) is 18.3 Å². The molecule has 0 unspecified atom stereocenters. The minimum Gasteiger partial charge on any atom is -0.504 e. The summed E-state index contributed by atoms with van der Waals surface area (Å²) in [4.78, 5) is 22.9. The van der Waals surface area contributed by atoms with Gasteiger partial charge in [-0.25, -0.2) is 4.98 Å². The van der Waals surface area contributed by atoms with Crippen LogP contribution in [0, 0.1) is 10.1 Å². The number of nitro groups is 1. The fourth-order valence-electron chi connectivity index (χ4n) is 3.05. The van der Waals surface area contributed by atoms with Gasteiger partial charge in [0.15, 0.2) is 11.5 Å². The zero-order valence-corrected chi connectivity index (χ0v) is 16.1. The van der Waals surface area contributed by atoms with Crippen molar-refractivity contribution in [2.45, 2.75) is 6.92 Å². The monoisotopic (exact) mass is 402 g/mol. The number of non-ortho nitro benzene ring substituents is 1. The largest absolute Gasteiger partial charge is 0.504 e. The van der Waals surface area contributed by atoms with E-state index >= 15 is 0 Å². The Bertz CT molecular complexity index is 1230. The maximum Gasteiger partial charge on any atom is 0.274 e. The van der Waals surface area contributed by atoms with Gasteiger partial charge in [0, 0.05) is 23.4 Å². The van der Waals surface area contributed by atoms with Crippen LogP contribution in [0.4, 0.5) is 11.4 Å². The molecule has 8 nitrogen and oxygen atoms in total. The van der Waals surface area contributed by atoms with Crippen LogP contribution in [-0.2, 0) is 0 Å². The third kappa shape index (κ3) is 3.83. The molecule has 0 aliphatic carbocycles. The molecule has 0 fully saturated rings. The number of rotatable bonds is 6. The molecule has 30 heavy (non-hydrogen) atoms. The molecule has 1 heterocycles. The molecule has 0 bridgehead atoms. The molecule has 0 aliphatic rings. The molecule has 0 atom stereocenters. The predicted molar refractivity (Wildman–Crippen MR) is 115 cm³/mol. The first-order chi connectivity index (χ1) is 14.5. The highest BCUT2D eigenvalue weighted by Gasteiger charge is 2.16. The molecule has 0 spiro atoms. The van der Waals surface area contributed by atoms with Gasteiger partial charge in [0.2, 0.25) is 0 Å². The molecule has 150 valence electrons. The molecule has 4 rings (SSSR count). The molecule has 2 N–H and O–H groups in total. The molecular formula is C22H18N4O4. The maximum atomic E-state index is 11.2. The van der Waals surface area contributed by atoms with Crippen LogP contribution >= 0.6 is 0 Å². The molecule has 4 aromatic rings. The zero-order chi connectivity index (χ0) is 21.1. The van der Waals surface area contributed by atoms with Gasteiger partial charge in [-0.2, -0.15) is 0 Å². The standard InChI is InChI=1S/C22H18N4O4/c1-2-30-20-12-17(26(28)29)11-15(21(20)27)13-23-16-7-5-6-14(10-16)22-24-18-8-3-4-9-19(18)25-22/h3-13,27H,2H2,1H3,(H,24,25). The first-order valence-electron chi connectivity index (χ1n) is 9.28. The Morgan fingerprint density at radius 3 is 2.80 bits per heavy atom. The number of aromatic nitrogens is 2. The minimum atomic E-state index is -0.540. The van der Waals surface area contributed by atoms with E-state index < -0.39 is 4.92 Å². The summed E-state index contributed by atoms with van der Waals surface area (Å²) in [6.45, 7) is 2.00. The number of nitro benzene ring substituents is 1. The number of phenolic OH excluding ortho intramolecular Hbond substituents is 1. The van der Waals surface area contributed by atoms with Gasteiger partial charge in [-0.1, -0.05) is 24.3 Å². The number of ether oxygens (including phenoxy) is 1. The summed E-state index contributed by atoms with van der Waals surface area (Å²) in [5.74, 6) is 0.564. The molecule has 0 aliphatic heterocycles. The van der Waals surface area contributed by atoms with Crippen LogP contribution in [-0.4, -0.2) is 32.8 Å². The Morgan fingerprint density at radius 2 is 2.03 bits per heavy atom. The number of nitrogens with one attached hydrogen (secondary N) is 1. The van der Waals surface area contributed by atoms with Crippen molar-refractivity contribution >= 4 is 28.6 Å². The number of benzene rings is 3. The maximum absolute atomic E-state index is 11.2. The smallest absolute Gasteiger partial charge is 0.274 e. The van der Waals surface area contributed by atoms with Gasteiger partial charge in [0.1, 0.15) is 5.82 Å². The molecule has 0 saturated heterocycles. The van der Waals surface area contributed by atoms with Crippen molar-refractivity contribution in [3.63, 3.8) is 0 Å². The second-order valence-electron chi connectivity index (χ2n) is 6.48. The number of fused-ring (bicyclic) bond motifs is 1. The second kappa shape index (κ2) is 8.04. The van der Waals surface area contributed by atoms with Crippen LogP contribution < -0.4 is 4.74 Å². The second-order valence-corrected chi connectivity index (χ2v) is 6.48. The van der Waals surface area contributed by atoms with E-state index in [-0.39, 0.29) is 29.4 Å². The summed E-state index contributed by atoms with van der Waals surface area (Å²) in [6.07, 6.45) is 1.38. The zero-order valence-electron chi connectivity index (χ0n) is 16.1. The van der Waals surface area contributed by atoms with E-state index in [0.29, 0.717) is 11.5 Å². The van der Waals surface area contributed by atoms with Gasteiger partial charge in [-0.05, 0) is 31.2 Å². The molecule has 8 heteroatoms. The lowest BCUT2D eigenvalue weighted by Gasteiger charge is -2.08. The van der Waals surface area contributed by atoms with Crippen LogP contribution in [0.1, 0.15) is 12.5 Å². The third-order valence-electron chi connectivity index (χ3n) is 4.46. The third-order valence-corrected chi connectivity index (χ3v) is 4.46. The van der Waals surface area contributed by atoms with Crippen molar-refractivity contribution in [1.82, 2.24) is 9.97 Å². The number of aliphatic imine (C=N–C) groups is 1. The average molecular weight is 402 g/mol. The van der Waals surface area contributed by atoms with E-state index in [2.05, 4.69) is 15.0 Å². The lowest BCUT2D eigenvalue weighted by Crippen LogP contribution is -1.97. The number of H-pyrrole nitrogens is 1. The quantitative estimate of drug-likeness (QED) is 0.268. The summed E-state index contributed by atoms with van der Waals surface area (Å²) >= 11 is 0. The van der Waals surface area contributed by atoms with Crippen molar-refractivity contribution in [1.29, 1.82) is 0 Å². The van der Waals surface area contributed by atoms with Gasteiger partial charge in [-0.15, -0.1) is 0 Å². The van der Waals surface area contributed by atoms with Gasteiger partial charge in [0.05, 0.1) is 34.3 Å². The highest BCUT2D eigenvalue weighted by atomic mass is 16.6. The van der Waals surface area contributed by atoms with Gasteiger partial charge < -0.3 is 14.8 Å². The minimum absolute atomic E-state index is 0.0455. The van der Waals surface area contributed by atoms with Gasteiger partial charge in [0.25, 0.3) is 5.69 Å². The Balaban J connectivity index is 1.68. The molecular weight excluding hydrogens is 384 g/mol. The fourth-order valence-corrected chi connectivity index (χ4v) is 3.05. The summed E-state index contributed by atoms with van der Waals surface area (Å²) in [6, 6.07) is 17.6. The van der Waals surface area contributed by atoms with Gasteiger partial charge in [-0.3, -0.25) is 15.1 Å². The summed E-state index contributed by atoms with van der Waals surface area (Å²) in [5, 5.41) is 21.5. The average Bonchev–Trinajstić information content (AvgIpc) is 3.19. The number of imidazole rings is 1. The Morgan fingerprint density at radius 1 is 1.20 bits per heavy atom. The van der Waals surface area contributed by atoms with Crippen LogP contribution in [0.3, 0.4) is 0 Å². The van der Waals surface area contributed by atoms with Crippen molar-refractivity contribution in [3.05, 3.63) is 76.3 Å². The van der Waals surface area contributed by atoms with Crippen LogP contribution in [0.15, 0.2) is 65.7 Å². The lowest BCUT2D eigenvalue weighted by molar-refractivity contribution is -0.385. The number of para-hydroxylation sites is 2. The number of nitrogens with zero attached hydrogens (tertiary/aromatic N) is 3. The van der Waals surface area contributed by atoms with Crippen LogP contribution in [0.2, 0.25) is 0 Å². The number of aromatic hydroxyl groups is 1. The van der Waals surface area contributed by atoms with E-state index in [4.69, 9.17) is 4.74 Å². The Labute approximate surface area is 171 Å². The van der Waals surface area contributed by atoms with Crippen molar-refractivity contribution < 1.29 is 14.8 Å². The van der Waals surface area contributed by atoms with Gasteiger partial charge >= 0.3 is 0 Å².